The zero-order valence-electron chi connectivity index (χ0n) is 13.8. The third-order valence-electron chi connectivity index (χ3n) is 5.19. The van der Waals surface area contributed by atoms with Gasteiger partial charge in [0.25, 0.3) is 0 Å². The number of carbonyl (C=O) groups excluding carboxylic acids is 2. The molecule has 1 atom stereocenters. The quantitative estimate of drug-likeness (QED) is 0.809. The smallest absolute Gasteiger partial charge is 0.228 e. The lowest BCUT2D eigenvalue weighted by Gasteiger charge is -2.24. The van der Waals surface area contributed by atoms with E-state index >= 15 is 0 Å². The summed E-state index contributed by atoms with van der Waals surface area (Å²) >= 11 is 0. The average molecular weight is 329 g/mol. The molecule has 4 rings (SSSR count). The molecule has 1 saturated carbocycles. The number of aromatic nitrogens is 2. The first-order valence-corrected chi connectivity index (χ1v) is 8.83. The summed E-state index contributed by atoms with van der Waals surface area (Å²) in [6.07, 6.45) is 5.17. The maximum Gasteiger partial charge on any atom is 0.228 e. The van der Waals surface area contributed by atoms with Gasteiger partial charge in [0.05, 0.1) is 5.92 Å². The van der Waals surface area contributed by atoms with E-state index in [4.69, 9.17) is 0 Å². The highest BCUT2D eigenvalue weighted by atomic mass is 16.2. The average Bonchev–Trinajstić information content (AvgIpc) is 3.41. The molecular formula is C17H23N5O2. The van der Waals surface area contributed by atoms with Gasteiger partial charge in [-0.15, -0.1) is 5.10 Å². The molecule has 0 aromatic carbocycles. The molecule has 1 aromatic rings. The second-order valence-corrected chi connectivity index (χ2v) is 6.93. The Morgan fingerprint density at radius 2 is 2.04 bits per heavy atom. The van der Waals surface area contributed by atoms with E-state index in [0.29, 0.717) is 25.6 Å². The van der Waals surface area contributed by atoms with Crippen molar-refractivity contribution in [2.45, 2.75) is 31.7 Å². The van der Waals surface area contributed by atoms with Crippen LogP contribution in [-0.4, -0.2) is 70.6 Å². The summed E-state index contributed by atoms with van der Waals surface area (Å²) in [5, 5.41) is 8.09. The van der Waals surface area contributed by atoms with Gasteiger partial charge in [0.1, 0.15) is 0 Å². The van der Waals surface area contributed by atoms with Crippen LogP contribution in [0.4, 0.5) is 5.82 Å². The number of anilines is 1. The molecule has 0 radical (unpaired) electrons. The highest BCUT2D eigenvalue weighted by Gasteiger charge is 2.42. The number of likely N-dealkylation sites (tertiary alicyclic amines) is 1. The van der Waals surface area contributed by atoms with Crippen LogP contribution in [0.2, 0.25) is 0 Å². The molecule has 1 aliphatic carbocycles. The molecule has 2 saturated heterocycles. The number of rotatable bonds is 3. The van der Waals surface area contributed by atoms with Crippen LogP contribution in [0.3, 0.4) is 0 Å². The van der Waals surface area contributed by atoms with E-state index in [-0.39, 0.29) is 17.7 Å². The van der Waals surface area contributed by atoms with Crippen LogP contribution in [0.15, 0.2) is 18.3 Å². The van der Waals surface area contributed by atoms with Crippen LogP contribution in [-0.2, 0) is 9.59 Å². The summed E-state index contributed by atoms with van der Waals surface area (Å²) in [4.78, 5) is 31.0. The van der Waals surface area contributed by atoms with E-state index in [1.54, 1.807) is 6.20 Å². The highest BCUT2D eigenvalue weighted by Crippen LogP contribution is 2.33. The van der Waals surface area contributed by atoms with Gasteiger partial charge in [-0.1, -0.05) is 0 Å². The first-order chi connectivity index (χ1) is 11.7. The van der Waals surface area contributed by atoms with Gasteiger partial charge in [0.15, 0.2) is 5.82 Å². The summed E-state index contributed by atoms with van der Waals surface area (Å²) in [6.45, 7) is 3.69. The van der Waals surface area contributed by atoms with Crippen LogP contribution in [0, 0.1) is 5.92 Å². The van der Waals surface area contributed by atoms with Crippen LogP contribution >= 0.6 is 0 Å². The molecule has 1 aromatic heterocycles. The van der Waals surface area contributed by atoms with Crippen molar-refractivity contribution in [3.05, 3.63) is 18.3 Å². The van der Waals surface area contributed by atoms with Crippen molar-refractivity contribution in [1.82, 2.24) is 20.0 Å². The molecule has 3 heterocycles. The van der Waals surface area contributed by atoms with Gasteiger partial charge >= 0.3 is 0 Å². The van der Waals surface area contributed by atoms with Crippen molar-refractivity contribution in [2.24, 2.45) is 5.92 Å². The molecule has 7 heteroatoms. The molecule has 24 heavy (non-hydrogen) atoms. The Bertz CT molecular complexity index is 619. The SMILES string of the molecule is O=C([C@H]1CC(=O)N(C2CC2)C1)N1CCCN(c2cccnn2)CC1. The number of hydrogen-bond donors (Lipinski definition) is 0. The molecular weight excluding hydrogens is 306 g/mol. The molecule has 0 unspecified atom stereocenters. The largest absolute Gasteiger partial charge is 0.353 e. The van der Waals surface area contributed by atoms with Crippen molar-refractivity contribution < 1.29 is 9.59 Å². The lowest BCUT2D eigenvalue weighted by molar-refractivity contribution is -0.135. The van der Waals surface area contributed by atoms with Crippen molar-refractivity contribution in [1.29, 1.82) is 0 Å². The Hall–Kier alpha value is -2.18. The Kier molecular flexibility index (Phi) is 4.08. The standard InChI is InChI=1S/C17H23N5O2/c23-16-11-13(12-22(16)14-4-5-14)17(24)21-8-2-7-20(9-10-21)15-3-1-6-18-19-15/h1,3,6,13-14H,2,4-5,7-12H2/t13-/m0/s1. The first kappa shape index (κ1) is 15.4. The minimum absolute atomic E-state index is 0.146. The molecule has 3 aliphatic rings. The Morgan fingerprint density at radius 1 is 1.17 bits per heavy atom. The van der Waals surface area contributed by atoms with E-state index < -0.39 is 0 Å². The second kappa shape index (κ2) is 6.37. The van der Waals surface area contributed by atoms with Crippen molar-refractivity contribution in [3.63, 3.8) is 0 Å². The topological polar surface area (TPSA) is 69.6 Å². The normalized spacial score (nSPS) is 25.1. The third-order valence-corrected chi connectivity index (χ3v) is 5.19. The molecule has 2 aliphatic heterocycles. The fourth-order valence-electron chi connectivity index (χ4n) is 3.72. The van der Waals surface area contributed by atoms with Crippen molar-refractivity contribution >= 4 is 17.6 Å². The van der Waals surface area contributed by atoms with E-state index in [9.17, 15) is 9.59 Å². The number of hydrogen-bond acceptors (Lipinski definition) is 5. The van der Waals surface area contributed by atoms with Crippen molar-refractivity contribution in [3.8, 4) is 0 Å². The zero-order chi connectivity index (χ0) is 16.5. The fourth-order valence-corrected chi connectivity index (χ4v) is 3.72. The summed E-state index contributed by atoms with van der Waals surface area (Å²) < 4.78 is 0. The van der Waals surface area contributed by atoms with Gasteiger partial charge < -0.3 is 14.7 Å². The van der Waals surface area contributed by atoms with Crippen LogP contribution in [0.1, 0.15) is 25.7 Å². The molecule has 3 fully saturated rings. The predicted molar refractivity (Wildman–Crippen MR) is 88.3 cm³/mol. The number of carbonyl (C=O) groups is 2. The van der Waals surface area contributed by atoms with Gasteiger partial charge in [-0.05, 0) is 31.4 Å². The summed E-state index contributed by atoms with van der Waals surface area (Å²) in [5.41, 5.74) is 0. The maximum absolute atomic E-state index is 12.8. The van der Waals surface area contributed by atoms with Gasteiger partial charge in [-0.2, -0.15) is 5.10 Å². The first-order valence-electron chi connectivity index (χ1n) is 8.83. The third kappa shape index (κ3) is 3.07. The molecule has 0 bridgehead atoms. The summed E-state index contributed by atoms with van der Waals surface area (Å²) in [6, 6.07) is 4.24. The van der Waals surface area contributed by atoms with Gasteiger partial charge in [0.2, 0.25) is 11.8 Å². The molecule has 128 valence electrons. The minimum atomic E-state index is -0.152. The molecule has 0 N–H and O–H groups in total. The highest BCUT2D eigenvalue weighted by molar-refractivity contribution is 5.89. The molecule has 0 spiro atoms. The monoisotopic (exact) mass is 329 g/mol. The minimum Gasteiger partial charge on any atom is -0.353 e. The van der Waals surface area contributed by atoms with E-state index in [1.807, 2.05) is 21.9 Å². The van der Waals surface area contributed by atoms with Crippen molar-refractivity contribution in [2.75, 3.05) is 37.6 Å². The fraction of sp³-hybridized carbons (Fsp3) is 0.647. The van der Waals surface area contributed by atoms with Crippen LogP contribution in [0.5, 0.6) is 0 Å². The van der Waals surface area contributed by atoms with E-state index in [0.717, 1.165) is 44.7 Å². The number of nitrogens with zero attached hydrogens (tertiary/aromatic N) is 5. The maximum atomic E-state index is 12.8. The lowest BCUT2D eigenvalue weighted by Crippen LogP contribution is -2.40. The Morgan fingerprint density at radius 3 is 2.79 bits per heavy atom. The lowest BCUT2D eigenvalue weighted by atomic mass is 10.1. The number of amides is 2. The Labute approximate surface area is 141 Å². The zero-order valence-corrected chi connectivity index (χ0v) is 13.8. The molecule has 2 amide bonds. The second-order valence-electron chi connectivity index (χ2n) is 6.93. The van der Waals surface area contributed by atoms with Gasteiger partial charge in [0, 0.05) is 51.4 Å². The van der Waals surface area contributed by atoms with Gasteiger partial charge in [-0.25, -0.2) is 0 Å². The van der Waals surface area contributed by atoms with E-state index in [1.165, 1.54) is 0 Å². The predicted octanol–water partition coefficient (Wildman–Crippen LogP) is 0.526. The molecule has 7 nitrogen and oxygen atoms in total. The van der Waals surface area contributed by atoms with Crippen LogP contribution in [0.25, 0.3) is 0 Å². The summed E-state index contributed by atoms with van der Waals surface area (Å²) in [7, 11) is 0. The Balaban J connectivity index is 1.37. The van der Waals surface area contributed by atoms with E-state index in [2.05, 4.69) is 15.1 Å². The van der Waals surface area contributed by atoms with Crippen LogP contribution < -0.4 is 4.90 Å². The summed E-state index contributed by atoms with van der Waals surface area (Å²) in [5.74, 6) is 1.02. The van der Waals surface area contributed by atoms with Gasteiger partial charge in [-0.3, -0.25) is 9.59 Å².